The summed E-state index contributed by atoms with van der Waals surface area (Å²) in [4.78, 5) is 7.85. The zero-order valence-corrected chi connectivity index (χ0v) is 17.9. The number of anilines is 2. The highest BCUT2D eigenvalue weighted by atomic mass is 32.2. The highest BCUT2D eigenvalue weighted by molar-refractivity contribution is 7.89. The minimum atomic E-state index is -3.60. The lowest BCUT2D eigenvalue weighted by Crippen LogP contribution is -2.20. The van der Waals surface area contributed by atoms with Crippen LogP contribution in [0.15, 0.2) is 58.1 Å². The van der Waals surface area contributed by atoms with Crippen LogP contribution in [0.3, 0.4) is 0 Å². The molecule has 0 aliphatic rings. The first kappa shape index (κ1) is 19.9. The molecule has 3 aromatic heterocycles. The van der Waals surface area contributed by atoms with E-state index in [2.05, 4.69) is 20.2 Å². The summed E-state index contributed by atoms with van der Waals surface area (Å²) >= 11 is 0. The number of nitrogens with zero attached hydrogens (tertiary/aromatic N) is 4. The number of hydrogen-bond donors (Lipinski definition) is 2. The van der Waals surface area contributed by atoms with Crippen molar-refractivity contribution >= 4 is 32.3 Å². The quantitative estimate of drug-likeness (QED) is 0.488. The number of fused-ring (bicyclic) bond motifs is 1. The summed E-state index contributed by atoms with van der Waals surface area (Å²) in [7, 11) is 1.55. The summed E-state index contributed by atoms with van der Waals surface area (Å²) < 4.78 is 32.7. The Morgan fingerprint density at radius 3 is 2.60 bits per heavy atom. The third-order valence-electron chi connectivity index (χ3n) is 4.71. The molecule has 3 heterocycles. The van der Waals surface area contributed by atoms with E-state index < -0.39 is 10.0 Å². The van der Waals surface area contributed by atoms with Crippen LogP contribution in [0.2, 0.25) is 0 Å². The van der Waals surface area contributed by atoms with Crippen LogP contribution in [-0.4, -0.2) is 44.4 Å². The van der Waals surface area contributed by atoms with Crippen LogP contribution in [-0.2, 0) is 10.0 Å². The van der Waals surface area contributed by atoms with Gasteiger partial charge in [-0.25, -0.2) is 13.1 Å². The Kier molecular flexibility index (Phi) is 4.96. The number of pyridine rings is 1. The molecule has 0 bridgehead atoms. The minimum Gasteiger partial charge on any atom is -0.460 e. The van der Waals surface area contributed by atoms with Gasteiger partial charge in [-0.3, -0.25) is 10.4 Å². The van der Waals surface area contributed by atoms with E-state index in [0.717, 1.165) is 22.4 Å². The van der Waals surface area contributed by atoms with Gasteiger partial charge in [0.2, 0.25) is 10.0 Å². The van der Waals surface area contributed by atoms with Crippen molar-refractivity contribution in [3.8, 4) is 11.5 Å². The summed E-state index contributed by atoms with van der Waals surface area (Å²) in [6.07, 6.45) is 3.40. The number of furan rings is 1. The Hall–Kier alpha value is -3.37. The molecule has 0 saturated carbocycles. The second-order valence-electron chi connectivity index (χ2n) is 6.96. The summed E-state index contributed by atoms with van der Waals surface area (Å²) in [5.41, 5.74) is 6.04. The van der Waals surface area contributed by atoms with Gasteiger partial charge in [0.1, 0.15) is 11.5 Å². The number of rotatable bonds is 6. The Morgan fingerprint density at radius 1 is 1.13 bits per heavy atom. The molecule has 9 nitrogen and oxygen atoms in total. The van der Waals surface area contributed by atoms with Crippen LogP contribution in [0.4, 0.5) is 11.4 Å². The predicted molar refractivity (Wildman–Crippen MR) is 116 cm³/mol. The second-order valence-corrected chi connectivity index (χ2v) is 8.84. The number of nitrogens with one attached hydrogen (secondary N) is 2. The van der Waals surface area contributed by atoms with Gasteiger partial charge in [0.25, 0.3) is 0 Å². The van der Waals surface area contributed by atoms with Gasteiger partial charge in [-0.2, -0.15) is 4.79 Å². The number of aromatic nitrogens is 3. The third-order valence-corrected chi connectivity index (χ3v) is 6.12. The Balaban J connectivity index is 1.86. The molecule has 0 atom stereocenters. The first-order chi connectivity index (χ1) is 14.3. The molecule has 30 heavy (non-hydrogen) atoms. The molecule has 0 radical (unpaired) electrons. The van der Waals surface area contributed by atoms with E-state index in [-0.39, 0.29) is 4.90 Å². The van der Waals surface area contributed by atoms with E-state index in [1.807, 2.05) is 44.1 Å². The average Bonchev–Trinajstić information content (AvgIpc) is 3.31. The molecule has 0 unspecified atom stereocenters. The van der Waals surface area contributed by atoms with Crippen LogP contribution in [0.1, 0.15) is 5.76 Å². The summed E-state index contributed by atoms with van der Waals surface area (Å²) in [6, 6.07) is 10.5. The lowest BCUT2D eigenvalue weighted by molar-refractivity contribution is 0.545. The van der Waals surface area contributed by atoms with E-state index in [1.165, 1.54) is 7.05 Å². The van der Waals surface area contributed by atoms with Crippen molar-refractivity contribution in [3.05, 3.63) is 54.6 Å². The Labute approximate surface area is 174 Å². The van der Waals surface area contributed by atoms with Crippen LogP contribution < -0.4 is 15.0 Å². The first-order valence-electron chi connectivity index (χ1n) is 9.21. The fraction of sp³-hybridized carbons (Fsp3) is 0.200. The van der Waals surface area contributed by atoms with E-state index >= 15 is 0 Å². The topological polar surface area (TPSA) is 105 Å². The summed E-state index contributed by atoms with van der Waals surface area (Å²) in [6.45, 7) is 1.87. The number of aryl methyl sites for hydroxylation is 1. The number of hydrogen-bond acceptors (Lipinski definition) is 7. The largest absolute Gasteiger partial charge is 0.460 e. The van der Waals surface area contributed by atoms with Crippen LogP contribution in [0.25, 0.3) is 22.4 Å². The van der Waals surface area contributed by atoms with Crippen molar-refractivity contribution in [2.75, 3.05) is 31.5 Å². The Morgan fingerprint density at radius 2 is 1.93 bits per heavy atom. The maximum Gasteiger partial charge on any atom is 0.240 e. The number of sulfonamides is 1. The molecule has 0 saturated heterocycles. The van der Waals surface area contributed by atoms with Crippen LogP contribution in [0, 0.1) is 6.92 Å². The van der Waals surface area contributed by atoms with Crippen molar-refractivity contribution in [2.45, 2.75) is 11.8 Å². The van der Waals surface area contributed by atoms with Gasteiger partial charge in [0, 0.05) is 26.5 Å². The van der Waals surface area contributed by atoms with Crippen molar-refractivity contribution in [2.24, 2.45) is 0 Å². The summed E-state index contributed by atoms with van der Waals surface area (Å²) in [5.74, 6) is 1.41. The van der Waals surface area contributed by atoms with Crippen molar-refractivity contribution in [1.29, 1.82) is 0 Å². The predicted octanol–water partition coefficient (Wildman–Crippen LogP) is 2.85. The van der Waals surface area contributed by atoms with Gasteiger partial charge in [-0.15, -0.1) is 5.10 Å². The lowest BCUT2D eigenvalue weighted by Gasteiger charge is -2.19. The molecule has 0 spiro atoms. The van der Waals surface area contributed by atoms with Crippen molar-refractivity contribution in [3.63, 3.8) is 0 Å². The maximum absolute atomic E-state index is 12.3. The van der Waals surface area contributed by atoms with E-state index in [0.29, 0.717) is 17.1 Å². The van der Waals surface area contributed by atoms with Gasteiger partial charge >= 0.3 is 0 Å². The fourth-order valence-corrected chi connectivity index (χ4v) is 3.94. The first-order valence-corrected chi connectivity index (χ1v) is 10.7. The maximum atomic E-state index is 12.3. The van der Waals surface area contributed by atoms with Gasteiger partial charge < -0.3 is 9.32 Å². The Bertz CT molecular complexity index is 1320. The van der Waals surface area contributed by atoms with E-state index in [4.69, 9.17) is 4.42 Å². The van der Waals surface area contributed by atoms with Gasteiger partial charge in [0.15, 0.2) is 5.76 Å². The fourth-order valence-electron chi connectivity index (χ4n) is 3.18. The van der Waals surface area contributed by atoms with Crippen LogP contribution >= 0.6 is 0 Å². The lowest BCUT2D eigenvalue weighted by atomic mass is 10.2. The molecule has 4 rings (SSSR count). The zero-order chi connectivity index (χ0) is 21.5. The highest BCUT2D eigenvalue weighted by Gasteiger charge is 2.18. The molecule has 156 valence electrons. The highest BCUT2D eigenvalue weighted by Crippen LogP contribution is 2.31. The molecule has 0 amide bonds. The molecule has 10 heteroatoms. The molecule has 1 aromatic carbocycles. The van der Waals surface area contributed by atoms with E-state index in [9.17, 15) is 8.42 Å². The second kappa shape index (κ2) is 7.47. The standard InChI is InChI=1S/C20H22N6O3S/c1-13-5-8-19(29-13)20-15-12-22-10-9-17(15)26(24-20)23-16-11-14(30(27,28)21-2)6-7-18(16)25(3)4/h5-12,21,23H,1-4H3. The average molecular weight is 427 g/mol. The van der Waals surface area contributed by atoms with Crippen LogP contribution in [0.5, 0.6) is 0 Å². The van der Waals surface area contributed by atoms with Gasteiger partial charge in [-0.1, -0.05) is 0 Å². The molecular weight excluding hydrogens is 404 g/mol. The van der Waals surface area contributed by atoms with Crippen molar-refractivity contribution in [1.82, 2.24) is 19.6 Å². The minimum absolute atomic E-state index is 0.151. The summed E-state index contributed by atoms with van der Waals surface area (Å²) in [5, 5.41) is 5.48. The van der Waals surface area contributed by atoms with E-state index in [1.54, 1.807) is 35.4 Å². The molecular formula is C20H22N6O3S. The smallest absolute Gasteiger partial charge is 0.240 e. The van der Waals surface area contributed by atoms with Gasteiger partial charge in [-0.05, 0) is 50.4 Å². The molecule has 0 fully saturated rings. The molecule has 4 aromatic rings. The zero-order valence-electron chi connectivity index (χ0n) is 17.0. The SMILES string of the molecule is CNS(=O)(=O)c1ccc(N(C)C)c(Nn2nc(-c3ccc(C)o3)c3cnccc32)c1. The molecule has 2 N–H and O–H groups in total. The molecule has 0 aliphatic heterocycles. The normalized spacial score (nSPS) is 11.7. The monoisotopic (exact) mass is 426 g/mol. The van der Waals surface area contributed by atoms with Gasteiger partial charge in [0.05, 0.1) is 27.2 Å². The van der Waals surface area contributed by atoms with Crippen molar-refractivity contribution < 1.29 is 12.8 Å². The third kappa shape index (κ3) is 3.51. The number of benzene rings is 1. The molecule has 0 aliphatic carbocycles.